The summed E-state index contributed by atoms with van der Waals surface area (Å²) in [5.41, 5.74) is 6.53. The van der Waals surface area contributed by atoms with Gasteiger partial charge in [0, 0.05) is 0 Å². The van der Waals surface area contributed by atoms with Gasteiger partial charge in [0.2, 0.25) is 0 Å². The van der Waals surface area contributed by atoms with Crippen LogP contribution in [0.3, 0.4) is 0 Å². The fraction of sp³-hybridized carbons (Fsp3) is 0.133. The predicted molar refractivity (Wildman–Crippen MR) is 79.6 cm³/mol. The van der Waals surface area contributed by atoms with E-state index in [1.165, 1.54) is 19.2 Å². The van der Waals surface area contributed by atoms with Crippen molar-refractivity contribution in [2.45, 2.75) is 6.61 Å². The van der Waals surface area contributed by atoms with Crippen LogP contribution >= 0.6 is 0 Å². The summed E-state index contributed by atoms with van der Waals surface area (Å²) >= 11 is 0. The number of esters is 1. The van der Waals surface area contributed by atoms with Gasteiger partial charge in [-0.05, 0) is 29.8 Å². The highest BCUT2D eigenvalue weighted by Gasteiger charge is 2.13. The predicted octanol–water partition coefficient (Wildman–Crippen LogP) is 2.54. The van der Waals surface area contributed by atoms with Crippen molar-refractivity contribution in [1.82, 2.24) is 0 Å². The van der Waals surface area contributed by atoms with Crippen molar-refractivity contribution in [2.24, 2.45) is 0 Å². The van der Waals surface area contributed by atoms with Crippen LogP contribution in [0.2, 0.25) is 0 Å². The normalized spacial score (nSPS) is 10.0. The van der Waals surface area contributed by atoms with Crippen molar-refractivity contribution in [3.05, 3.63) is 63.7 Å². The molecule has 7 nitrogen and oxygen atoms in total. The summed E-state index contributed by atoms with van der Waals surface area (Å²) in [5.74, 6) is -0.116. The van der Waals surface area contributed by atoms with Gasteiger partial charge < -0.3 is 15.2 Å². The number of nitrogen functional groups attached to an aromatic ring is 1. The lowest BCUT2D eigenvalue weighted by molar-refractivity contribution is -0.384. The van der Waals surface area contributed by atoms with E-state index in [2.05, 4.69) is 4.74 Å². The Bertz CT molecular complexity index is 715. The van der Waals surface area contributed by atoms with E-state index >= 15 is 0 Å². The summed E-state index contributed by atoms with van der Waals surface area (Å²) in [6.07, 6.45) is 0. The topological polar surface area (TPSA) is 105 Å². The van der Waals surface area contributed by atoms with Crippen molar-refractivity contribution >= 4 is 17.3 Å². The van der Waals surface area contributed by atoms with Crippen LogP contribution in [0.4, 0.5) is 11.4 Å². The van der Waals surface area contributed by atoms with Gasteiger partial charge in [-0.2, -0.15) is 0 Å². The summed E-state index contributed by atoms with van der Waals surface area (Å²) in [7, 11) is 1.30. The second-order valence-electron chi connectivity index (χ2n) is 4.46. The molecule has 114 valence electrons. The summed E-state index contributed by atoms with van der Waals surface area (Å²) in [4.78, 5) is 21.7. The zero-order valence-corrected chi connectivity index (χ0v) is 11.8. The fourth-order valence-corrected chi connectivity index (χ4v) is 1.84. The molecular weight excluding hydrogens is 288 g/mol. The van der Waals surface area contributed by atoms with E-state index < -0.39 is 10.9 Å². The molecule has 0 aromatic heterocycles. The monoisotopic (exact) mass is 302 g/mol. The third-order valence-electron chi connectivity index (χ3n) is 2.95. The molecule has 0 bridgehead atoms. The smallest absolute Gasteiger partial charge is 0.337 e. The Morgan fingerprint density at radius 3 is 2.73 bits per heavy atom. The second kappa shape index (κ2) is 6.57. The van der Waals surface area contributed by atoms with Crippen molar-refractivity contribution in [3.8, 4) is 5.75 Å². The Hall–Kier alpha value is -3.09. The van der Waals surface area contributed by atoms with Crippen LogP contribution in [0.15, 0.2) is 42.5 Å². The van der Waals surface area contributed by atoms with Gasteiger partial charge in [0.05, 0.1) is 23.7 Å². The third kappa shape index (κ3) is 3.51. The zero-order chi connectivity index (χ0) is 16.1. The Morgan fingerprint density at radius 2 is 2.05 bits per heavy atom. The van der Waals surface area contributed by atoms with Crippen LogP contribution in [0.5, 0.6) is 5.75 Å². The van der Waals surface area contributed by atoms with Gasteiger partial charge in [-0.15, -0.1) is 0 Å². The number of carbonyl (C=O) groups is 1. The van der Waals surface area contributed by atoms with Crippen molar-refractivity contribution in [2.75, 3.05) is 12.8 Å². The Morgan fingerprint density at radius 1 is 1.27 bits per heavy atom. The van der Waals surface area contributed by atoms with E-state index in [1.54, 1.807) is 30.3 Å². The maximum atomic E-state index is 11.4. The molecule has 0 aliphatic heterocycles. The zero-order valence-electron chi connectivity index (χ0n) is 11.8. The van der Waals surface area contributed by atoms with Gasteiger partial charge >= 0.3 is 5.97 Å². The molecule has 0 saturated carbocycles. The number of nitrogens with zero attached hydrogens (tertiary/aromatic N) is 1. The molecule has 0 aliphatic carbocycles. The summed E-state index contributed by atoms with van der Waals surface area (Å²) in [5, 5.41) is 10.8. The molecule has 2 aromatic rings. The van der Waals surface area contributed by atoms with Gasteiger partial charge in [-0.3, -0.25) is 10.1 Å². The first kappa shape index (κ1) is 15.3. The Balaban J connectivity index is 2.12. The summed E-state index contributed by atoms with van der Waals surface area (Å²) in [6.45, 7) is 0.159. The third-order valence-corrected chi connectivity index (χ3v) is 2.95. The molecule has 2 aromatic carbocycles. The van der Waals surface area contributed by atoms with Crippen LogP contribution < -0.4 is 10.5 Å². The highest BCUT2D eigenvalue weighted by atomic mass is 16.6. The molecule has 0 aliphatic rings. The van der Waals surface area contributed by atoms with E-state index in [4.69, 9.17) is 10.5 Å². The minimum Gasteiger partial charge on any atom is -0.489 e. The molecule has 0 heterocycles. The maximum Gasteiger partial charge on any atom is 0.337 e. The average molecular weight is 302 g/mol. The molecule has 7 heteroatoms. The first-order valence-electron chi connectivity index (χ1n) is 6.35. The van der Waals surface area contributed by atoms with Gasteiger partial charge in [0.1, 0.15) is 18.0 Å². The number of benzene rings is 2. The fourth-order valence-electron chi connectivity index (χ4n) is 1.84. The van der Waals surface area contributed by atoms with Crippen LogP contribution in [-0.2, 0) is 11.3 Å². The molecule has 0 fully saturated rings. The second-order valence-corrected chi connectivity index (χ2v) is 4.46. The molecule has 0 unspecified atom stereocenters. The molecule has 0 spiro atoms. The first-order chi connectivity index (χ1) is 10.5. The van der Waals surface area contributed by atoms with Crippen molar-refractivity contribution in [3.63, 3.8) is 0 Å². The maximum absolute atomic E-state index is 11.4. The van der Waals surface area contributed by atoms with E-state index in [0.29, 0.717) is 11.3 Å². The molecule has 22 heavy (non-hydrogen) atoms. The lowest BCUT2D eigenvalue weighted by Gasteiger charge is -2.08. The highest BCUT2D eigenvalue weighted by Crippen LogP contribution is 2.27. The molecular formula is C15H14N2O5. The highest BCUT2D eigenvalue weighted by molar-refractivity contribution is 5.89. The number of nitrogens with two attached hydrogens (primary N) is 1. The van der Waals surface area contributed by atoms with Crippen LogP contribution in [0.25, 0.3) is 0 Å². The molecule has 0 saturated heterocycles. The Labute approximate surface area is 126 Å². The average Bonchev–Trinajstić information content (AvgIpc) is 2.53. The lowest BCUT2D eigenvalue weighted by Crippen LogP contribution is -2.03. The first-order valence-corrected chi connectivity index (χ1v) is 6.35. The largest absolute Gasteiger partial charge is 0.489 e. The van der Waals surface area contributed by atoms with E-state index in [9.17, 15) is 14.9 Å². The van der Waals surface area contributed by atoms with Gasteiger partial charge in [0.15, 0.2) is 0 Å². The number of ether oxygens (including phenoxy) is 2. The number of nitro benzene ring substituents is 1. The minimum atomic E-state index is -0.569. The van der Waals surface area contributed by atoms with Gasteiger partial charge in [0.25, 0.3) is 5.69 Å². The van der Waals surface area contributed by atoms with E-state index in [0.717, 1.165) is 5.56 Å². The summed E-state index contributed by atoms with van der Waals surface area (Å²) in [6, 6.07) is 11.0. The number of anilines is 1. The SMILES string of the molecule is COC(=O)c1cccc(COc2ccc(N)c([N+](=O)[O-])c2)c1. The molecule has 0 amide bonds. The van der Waals surface area contributed by atoms with Crippen molar-refractivity contribution in [1.29, 1.82) is 0 Å². The van der Waals surface area contributed by atoms with Crippen LogP contribution in [0.1, 0.15) is 15.9 Å². The van der Waals surface area contributed by atoms with Crippen LogP contribution in [-0.4, -0.2) is 18.0 Å². The number of hydrogen-bond acceptors (Lipinski definition) is 6. The minimum absolute atomic E-state index is 0.0741. The number of carbonyl (C=O) groups excluding carboxylic acids is 1. The van der Waals surface area contributed by atoms with Gasteiger partial charge in [-0.1, -0.05) is 12.1 Å². The number of nitro groups is 1. The number of rotatable bonds is 5. The molecule has 0 atom stereocenters. The lowest BCUT2D eigenvalue weighted by atomic mass is 10.1. The van der Waals surface area contributed by atoms with E-state index in [1.807, 2.05) is 0 Å². The molecule has 2 rings (SSSR count). The quantitative estimate of drug-likeness (QED) is 0.394. The molecule has 0 radical (unpaired) electrons. The number of methoxy groups -OCH3 is 1. The number of hydrogen-bond donors (Lipinski definition) is 1. The standard InChI is InChI=1S/C15H14N2O5/c1-21-15(18)11-4-2-3-10(7-11)9-22-12-5-6-13(16)14(8-12)17(19)20/h2-8H,9,16H2,1H3. The Kier molecular flexibility index (Phi) is 4.57. The van der Waals surface area contributed by atoms with Gasteiger partial charge in [-0.25, -0.2) is 4.79 Å². The summed E-state index contributed by atoms with van der Waals surface area (Å²) < 4.78 is 10.1. The van der Waals surface area contributed by atoms with E-state index in [-0.39, 0.29) is 18.0 Å². The van der Waals surface area contributed by atoms with Crippen molar-refractivity contribution < 1.29 is 19.2 Å². The van der Waals surface area contributed by atoms with Crippen LogP contribution in [0, 0.1) is 10.1 Å². The molecule has 2 N–H and O–H groups in total.